The Balaban J connectivity index is 2.19. The Morgan fingerprint density at radius 1 is 0.833 bits per heavy atom. The number of rotatable bonds is 2. The molecule has 0 amide bonds. The van der Waals surface area contributed by atoms with E-state index in [1.165, 1.54) is 24.3 Å². The number of hydrogen-bond donors (Lipinski definition) is 1. The number of nitrogens with one attached hydrogen (secondary N) is 1. The molecule has 2 aromatic rings. The zero-order valence-electron chi connectivity index (χ0n) is 9.08. The highest BCUT2D eigenvalue weighted by atomic mass is 32.1. The molecule has 5 heteroatoms. The molecule has 0 saturated heterocycles. The molecule has 0 spiro atoms. The molecule has 0 heterocycles. The van der Waals surface area contributed by atoms with Gasteiger partial charge in [-0.3, -0.25) is 0 Å². The molecule has 0 unspecified atom stereocenters. The standard InChI is InChI=1S/C13H8F3NS/c14-9-1-3-12(4-2-9)17-13(18)8-5-10(15)7-11(16)6-8/h1-7H,(H,17,18). The molecule has 0 atom stereocenters. The first-order valence-corrected chi connectivity index (χ1v) is 5.48. The average molecular weight is 267 g/mol. The van der Waals surface area contributed by atoms with Gasteiger partial charge in [-0.05, 0) is 36.4 Å². The van der Waals surface area contributed by atoms with Gasteiger partial charge in [0, 0.05) is 17.3 Å². The average Bonchev–Trinajstić information content (AvgIpc) is 2.31. The molecular formula is C13H8F3NS. The van der Waals surface area contributed by atoms with Gasteiger partial charge in [-0.2, -0.15) is 0 Å². The molecule has 18 heavy (non-hydrogen) atoms. The van der Waals surface area contributed by atoms with E-state index in [0.29, 0.717) is 5.69 Å². The number of halogens is 3. The minimum absolute atomic E-state index is 0.167. The predicted octanol–water partition coefficient (Wildman–Crippen LogP) is 3.89. The number of hydrogen-bond acceptors (Lipinski definition) is 1. The smallest absolute Gasteiger partial charge is 0.126 e. The highest BCUT2D eigenvalue weighted by Crippen LogP contribution is 2.13. The van der Waals surface area contributed by atoms with Crippen molar-refractivity contribution in [3.8, 4) is 0 Å². The lowest BCUT2D eigenvalue weighted by atomic mass is 10.2. The van der Waals surface area contributed by atoms with Crippen molar-refractivity contribution in [2.75, 3.05) is 5.32 Å². The van der Waals surface area contributed by atoms with Crippen molar-refractivity contribution in [3.63, 3.8) is 0 Å². The van der Waals surface area contributed by atoms with Crippen LogP contribution in [0.1, 0.15) is 5.56 Å². The summed E-state index contributed by atoms with van der Waals surface area (Å²) in [6, 6.07) is 8.51. The van der Waals surface area contributed by atoms with Gasteiger partial charge in [0.05, 0.1) is 0 Å². The van der Waals surface area contributed by atoms with E-state index in [4.69, 9.17) is 12.2 Å². The van der Waals surface area contributed by atoms with Crippen LogP contribution in [-0.4, -0.2) is 4.99 Å². The van der Waals surface area contributed by atoms with E-state index in [1.54, 1.807) is 0 Å². The molecule has 0 aliphatic rings. The Hall–Kier alpha value is -1.88. The number of benzene rings is 2. The van der Waals surface area contributed by atoms with E-state index in [1.807, 2.05) is 0 Å². The SMILES string of the molecule is Fc1ccc(NC(=S)c2cc(F)cc(F)c2)cc1. The van der Waals surface area contributed by atoms with E-state index in [0.717, 1.165) is 18.2 Å². The van der Waals surface area contributed by atoms with Crippen LogP contribution in [0.25, 0.3) is 0 Å². The lowest BCUT2D eigenvalue weighted by Crippen LogP contribution is -2.11. The summed E-state index contributed by atoms with van der Waals surface area (Å²) >= 11 is 5.02. The Labute approximate surface area is 107 Å². The zero-order valence-corrected chi connectivity index (χ0v) is 9.90. The lowest BCUT2D eigenvalue weighted by molar-refractivity contribution is 0.583. The minimum atomic E-state index is -0.701. The van der Waals surface area contributed by atoms with Gasteiger partial charge in [0.15, 0.2) is 0 Å². The van der Waals surface area contributed by atoms with Crippen molar-refractivity contribution in [1.82, 2.24) is 0 Å². The number of thiocarbonyl (C=S) groups is 1. The van der Waals surface area contributed by atoms with Crippen LogP contribution in [0.3, 0.4) is 0 Å². The maximum absolute atomic E-state index is 13.0. The fourth-order valence-corrected chi connectivity index (χ4v) is 1.66. The monoisotopic (exact) mass is 267 g/mol. The molecule has 0 aliphatic carbocycles. The maximum Gasteiger partial charge on any atom is 0.126 e. The second-order valence-corrected chi connectivity index (χ2v) is 4.03. The Morgan fingerprint density at radius 2 is 1.39 bits per heavy atom. The van der Waals surface area contributed by atoms with Gasteiger partial charge >= 0.3 is 0 Å². The molecule has 1 N–H and O–H groups in total. The van der Waals surface area contributed by atoms with Gasteiger partial charge < -0.3 is 5.32 Å². The van der Waals surface area contributed by atoms with Crippen LogP contribution in [0, 0.1) is 17.5 Å². The van der Waals surface area contributed by atoms with Gasteiger partial charge in [-0.1, -0.05) is 12.2 Å². The van der Waals surface area contributed by atoms with E-state index < -0.39 is 11.6 Å². The summed E-state index contributed by atoms with van der Waals surface area (Å²) < 4.78 is 38.7. The van der Waals surface area contributed by atoms with Gasteiger partial charge in [0.1, 0.15) is 22.4 Å². The summed E-state index contributed by atoms with van der Waals surface area (Å²) in [5.74, 6) is -1.77. The highest BCUT2D eigenvalue weighted by molar-refractivity contribution is 7.81. The van der Waals surface area contributed by atoms with Gasteiger partial charge in [0.2, 0.25) is 0 Å². The molecular weight excluding hydrogens is 259 g/mol. The summed E-state index contributed by atoms with van der Waals surface area (Å²) in [6.45, 7) is 0. The third kappa shape index (κ3) is 3.07. The van der Waals surface area contributed by atoms with Crippen molar-refractivity contribution in [3.05, 3.63) is 65.5 Å². The largest absolute Gasteiger partial charge is 0.346 e. The minimum Gasteiger partial charge on any atom is -0.346 e. The summed E-state index contributed by atoms with van der Waals surface area (Å²) in [4.78, 5) is 0.167. The summed E-state index contributed by atoms with van der Waals surface area (Å²) in [5, 5.41) is 2.77. The van der Waals surface area contributed by atoms with Gasteiger partial charge in [-0.15, -0.1) is 0 Å². The normalized spacial score (nSPS) is 10.2. The van der Waals surface area contributed by atoms with Crippen LogP contribution in [0.15, 0.2) is 42.5 Å². The van der Waals surface area contributed by atoms with E-state index in [9.17, 15) is 13.2 Å². The molecule has 0 radical (unpaired) electrons. The molecule has 0 bridgehead atoms. The molecule has 2 rings (SSSR count). The van der Waals surface area contributed by atoms with E-state index in [-0.39, 0.29) is 16.4 Å². The third-order valence-corrected chi connectivity index (χ3v) is 2.56. The van der Waals surface area contributed by atoms with Crippen LogP contribution >= 0.6 is 12.2 Å². The first-order chi connectivity index (χ1) is 8.54. The molecule has 92 valence electrons. The van der Waals surface area contributed by atoms with Gasteiger partial charge in [0.25, 0.3) is 0 Å². The second kappa shape index (κ2) is 5.18. The highest BCUT2D eigenvalue weighted by Gasteiger charge is 2.06. The number of anilines is 1. The predicted molar refractivity (Wildman–Crippen MR) is 68.1 cm³/mol. The van der Waals surface area contributed by atoms with Crippen molar-refractivity contribution in [2.45, 2.75) is 0 Å². The van der Waals surface area contributed by atoms with Crippen molar-refractivity contribution in [1.29, 1.82) is 0 Å². The fourth-order valence-electron chi connectivity index (χ4n) is 1.42. The van der Waals surface area contributed by atoms with E-state index >= 15 is 0 Å². The molecule has 0 aromatic heterocycles. The van der Waals surface area contributed by atoms with Crippen LogP contribution < -0.4 is 5.32 Å². The van der Waals surface area contributed by atoms with E-state index in [2.05, 4.69) is 5.32 Å². The quantitative estimate of drug-likeness (QED) is 0.828. The Morgan fingerprint density at radius 3 is 1.94 bits per heavy atom. The zero-order chi connectivity index (χ0) is 13.1. The van der Waals surface area contributed by atoms with Crippen molar-refractivity contribution in [2.24, 2.45) is 0 Å². The molecule has 0 aliphatic heterocycles. The first-order valence-electron chi connectivity index (χ1n) is 5.07. The van der Waals surface area contributed by atoms with Crippen molar-refractivity contribution >= 4 is 22.9 Å². The van der Waals surface area contributed by atoms with Crippen LogP contribution in [0.4, 0.5) is 18.9 Å². The summed E-state index contributed by atoms with van der Waals surface area (Å²) in [7, 11) is 0. The van der Waals surface area contributed by atoms with Crippen molar-refractivity contribution < 1.29 is 13.2 Å². The van der Waals surface area contributed by atoms with Crippen LogP contribution in [0.5, 0.6) is 0 Å². The fraction of sp³-hybridized carbons (Fsp3) is 0. The molecule has 0 saturated carbocycles. The first kappa shape index (κ1) is 12.6. The molecule has 2 aromatic carbocycles. The topological polar surface area (TPSA) is 12.0 Å². The second-order valence-electron chi connectivity index (χ2n) is 3.62. The van der Waals surface area contributed by atoms with Gasteiger partial charge in [-0.25, -0.2) is 13.2 Å². The summed E-state index contributed by atoms with van der Waals surface area (Å²) in [6.07, 6.45) is 0. The van der Waals surface area contributed by atoms with Crippen LogP contribution in [0.2, 0.25) is 0 Å². The van der Waals surface area contributed by atoms with Crippen LogP contribution in [-0.2, 0) is 0 Å². The third-order valence-electron chi connectivity index (χ3n) is 2.23. The molecule has 0 fully saturated rings. The molecule has 1 nitrogen and oxygen atoms in total. The maximum atomic E-state index is 13.0. The lowest BCUT2D eigenvalue weighted by Gasteiger charge is -2.08. The summed E-state index contributed by atoms with van der Waals surface area (Å²) in [5.41, 5.74) is 0.776. The Bertz CT molecular complexity index is 561. The Kier molecular flexibility index (Phi) is 3.62.